The van der Waals surface area contributed by atoms with Crippen molar-refractivity contribution >= 4 is 24.0 Å². The topological polar surface area (TPSA) is 101 Å². The van der Waals surface area contributed by atoms with Crippen LogP contribution in [0.3, 0.4) is 0 Å². The molecule has 0 bridgehead atoms. The molecule has 2 aromatic rings. The Morgan fingerprint density at radius 2 is 2.12 bits per heavy atom. The van der Waals surface area contributed by atoms with Crippen LogP contribution in [0.2, 0.25) is 0 Å². The summed E-state index contributed by atoms with van der Waals surface area (Å²) in [5.74, 6) is -0.357. The quantitative estimate of drug-likeness (QED) is 0.724. The van der Waals surface area contributed by atoms with Crippen molar-refractivity contribution in [1.82, 2.24) is 15.5 Å². The Morgan fingerprint density at radius 3 is 2.88 bits per heavy atom. The molecule has 1 aliphatic carbocycles. The van der Waals surface area contributed by atoms with Gasteiger partial charge in [-0.25, -0.2) is 5.10 Å². The van der Waals surface area contributed by atoms with Gasteiger partial charge in [-0.3, -0.25) is 9.59 Å². The molecule has 0 aliphatic heterocycles. The molecule has 1 aliphatic rings. The maximum Gasteiger partial charge on any atom is 0.277 e. The summed E-state index contributed by atoms with van der Waals surface area (Å²) in [7, 11) is 0. The molecule has 1 aromatic heterocycles. The highest BCUT2D eigenvalue weighted by Gasteiger charge is 2.24. The molecule has 1 atom stereocenters. The smallest absolute Gasteiger partial charge is 0.277 e. The number of anilines is 1. The van der Waals surface area contributed by atoms with E-state index in [1.165, 1.54) is 0 Å². The summed E-state index contributed by atoms with van der Waals surface area (Å²) in [6.07, 6.45) is 2.79. The lowest BCUT2D eigenvalue weighted by Crippen LogP contribution is -2.35. The van der Waals surface area contributed by atoms with Crippen molar-refractivity contribution in [3.63, 3.8) is 0 Å². The number of nitrogens with one attached hydrogen (secondary N) is 2. The van der Waals surface area contributed by atoms with Crippen LogP contribution in [0.1, 0.15) is 51.6 Å². The lowest BCUT2D eigenvalue weighted by atomic mass is 9.87. The largest absolute Gasteiger partial charge is 0.399 e. The SMILES string of the molecule is Cc1n[nH]c(=O)c(C(=O)NC2CCCc3cc(N)ccc32)c1C.Cl. The maximum atomic E-state index is 12.6. The molecule has 3 rings (SSSR count). The van der Waals surface area contributed by atoms with Crippen LogP contribution in [0, 0.1) is 13.8 Å². The van der Waals surface area contributed by atoms with E-state index in [-0.39, 0.29) is 29.9 Å². The zero-order chi connectivity index (χ0) is 16.6. The first-order valence-electron chi connectivity index (χ1n) is 7.72. The summed E-state index contributed by atoms with van der Waals surface area (Å²) < 4.78 is 0. The van der Waals surface area contributed by atoms with Crippen molar-refractivity contribution in [3.8, 4) is 0 Å². The van der Waals surface area contributed by atoms with Crippen molar-refractivity contribution in [2.45, 2.75) is 39.2 Å². The molecule has 7 heteroatoms. The van der Waals surface area contributed by atoms with Crippen LogP contribution in [-0.4, -0.2) is 16.1 Å². The Hall–Kier alpha value is -2.34. The first-order chi connectivity index (χ1) is 11.0. The third-order valence-corrected chi connectivity index (χ3v) is 4.48. The van der Waals surface area contributed by atoms with Crippen molar-refractivity contribution in [1.29, 1.82) is 0 Å². The second-order valence-electron chi connectivity index (χ2n) is 6.01. The average molecular weight is 349 g/mol. The fourth-order valence-electron chi connectivity index (χ4n) is 3.11. The molecule has 4 N–H and O–H groups in total. The van der Waals surface area contributed by atoms with Gasteiger partial charge in [0.2, 0.25) is 0 Å². The zero-order valence-electron chi connectivity index (χ0n) is 13.7. The number of amides is 1. The van der Waals surface area contributed by atoms with E-state index in [1.807, 2.05) is 18.2 Å². The van der Waals surface area contributed by atoms with Gasteiger partial charge < -0.3 is 11.1 Å². The molecule has 24 heavy (non-hydrogen) atoms. The standard InChI is InChI=1S/C17H20N4O2.ClH/c1-9-10(2)20-21-17(23)15(9)16(22)19-14-5-3-4-11-8-12(18)6-7-13(11)14;/h6-8,14H,3-5,18H2,1-2H3,(H,19,22)(H,21,23);1H. The monoisotopic (exact) mass is 348 g/mol. The number of hydrogen-bond donors (Lipinski definition) is 3. The van der Waals surface area contributed by atoms with E-state index in [2.05, 4.69) is 15.5 Å². The van der Waals surface area contributed by atoms with E-state index >= 15 is 0 Å². The van der Waals surface area contributed by atoms with Crippen LogP contribution in [0.15, 0.2) is 23.0 Å². The van der Waals surface area contributed by atoms with Crippen LogP contribution in [-0.2, 0) is 6.42 Å². The molecule has 1 unspecified atom stereocenters. The Bertz CT molecular complexity index is 832. The fraction of sp³-hybridized carbons (Fsp3) is 0.353. The molecule has 128 valence electrons. The molecule has 1 heterocycles. The average Bonchev–Trinajstić information content (AvgIpc) is 2.51. The highest BCUT2D eigenvalue weighted by Crippen LogP contribution is 2.31. The van der Waals surface area contributed by atoms with Gasteiger partial charge in [0, 0.05) is 5.69 Å². The van der Waals surface area contributed by atoms with E-state index < -0.39 is 5.56 Å². The number of nitrogen functional groups attached to an aromatic ring is 1. The van der Waals surface area contributed by atoms with Gasteiger partial charge in [-0.15, -0.1) is 12.4 Å². The fourth-order valence-corrected chi connectivity index (χ4v) is 3.11. The molecule has 0 fully saturated rings. The van der Waals surface area contributed by atoms with E-state index in [1.54, 1.807) is 13.8 Å². The number of hydrogen-bond acceptors (Lipinski definition) is 4. The molecule has 0 saturated heterocycles. The number of aromatic amines is 1. The number of fused-ring (bicyclic) bond motifs is 1. The minimum atomic E-state index is -0.459. The number of rotatable bonds is 2. The molecule has 6 nitrogen and oxygen atoms in total. The Morgan fingerprint density at radius 1 is 1.38 bits per heavy atom. The zero-order valence-corrected chi connectivity index (χ0v) is 14.5. The maximum absolute atomic E-state index is 12.6. The van der Waals surface area contributed by atoms with Gasteiger partial charge in [-0.05, 0) is 61.9 Å². The minimum absolute atomic E-state index is 0. The van der Waals surface area contributed by atoms with Crippen LogP contribution in [0.25, 0.3) is 0 Å². The van der Waals surface area contributed by atoms with Crippen LogP contribution in [0.4, 0.5) is 5.69 Å². The van der Waals surface area contributed by atoms with E-state index in [0.717, 1.165) is 36.1 Å². The summed E-state index contributed by atoms with van der Waals surface area (Å²) in [6, 6.07) is 5.67. The normalized spacial score (nSPS) is 16.0. The Balaban J connectivity index is 0.00000208. The summed E-state index contributed by atoms with van der Waals surface area (Å²) in [4.78, 5) is 24.6. The third-order valence-electron chi connectivity index (χ3n) is 4.48. The second kappa shape index (κ2) is 7.05. The predicted molar refractivity (Wildman–Crippen MR) is 95.6 cm³/mol. The van der Waals surface area contributed by atoms with Gasteiger partial charge in [0.25, 0.3) is 11.5 Å². The van der Waals surface area contributed by atoms with Crippen LogP contribution < -0.4 is 16.6 Å². The predicted octanol–water partition coefficient (Wildman–Crippen LogP) is 2.20. The van der Waals surface area contributed by atoms with Crippen molar-refractivity contribution in [2.75, 3.05) is 5.73 Å². The first-order valence-corrected chi connectivity index (χ1v) is 7.72. The number of aromatic nitrogens is 2. The van der Waals surface area contributed by atoms with Crippen molar-refractivity contribution in [2.24, 2.45) is 0 Å². The van der Waals surface area contributed by atoms with E-state index in [4.69, 9.17) is 5.73 Å². The number of nitrogens with two attached hydrogens (primary N) is 1. The molecule has 1 amide bonds. The summed E-state index contributed by atoms with van der Waals surface area (Å²) in [5, 5.41) is 9.25. The lowest BCUT2D eigenvalue weighted by Gasteiger charge is -2.26. The van der Waals surface area contributed by atoms with E-state index in [0.29, 0.717) is 11.3 Å². The first kappa shape index (κ1) is 18.0. The lowest BCUT2D eigenvalue weighted by molar-refractivity contribution is 0.0930. The van der Waals surface area contributed by atoms with Gasteiger partial charge in [0.15, 0.2) is 0 Å². The minimum Gasteiger partial charge on any atom is -0.399 e. The van der Waals surface area contributed by atoms with Gasteiger partial charge in [0.05, 0.1) is 11.7 Å². The van der Waals surface area contributed by atoms with Gasteiger partial charge >= 0.3 is 0 Å². The molecule has 0 spiro atoms. The number of halogens is 1. The highest BCUT2D eigenvalue weighted by atomic mass is 35.5. The van der Waals surface area contributed by atoms with Gasteiger partial charge in [0.1, 0.15) is 5.56 Å². The van der Waals surface area contributed by atoms with Crippen LogP contribution in [0.5, 0.6) is 0 Å². The summed E-state index contributed by atoms with van der Waals surface area (Å²) >= 11 is 0. The summed E-state index contributed by atoms with van der Waals surface area (Å²) in [6.45, 7) is 3.50. The Labute approximate surface area is 146 Å². The summed E-state index contributed by atoms with van der Waals surface area (Å²) in [5.41, 5.74) is 9.75. The van der Waals surface area contributed by atoms with E-state index in [9.17, 15) is 9.59 Å². The highest BCUT2D eigenvalue weighted by molar-refractivity contribution is 5.95. The third kappa shape index (κ3) is 3.28. The molecule has 0 saturated carbocycles. The van der Waals surface area contributed by atoms with Crippen molar-refractivity contribution < 1.29 is 4.79 Å². The number of carbonyl (C=O) groups is 1. The molecule has 1 aromatic carbocycles. The number of nitrogens with zero attached hydrogens (tertiary/aromatic N) is 1. The number of carbonyl (C=O) groups excluding carboxylic acids is 1. The Kier molecular flexibility index (Phi) is 5.29. The van der Waals surface area contributed by atoms with Gasteiger partial charge in [-0.2, -0.15) is 5.10 Å². The van der Waals surface area contributed by atoms with Crippen LogP contribution >= 0.6 is 12.4 Å². The number of H-pyrrole nitrogens is 1. The molecular weight excluding hydrogens is 328 g/mol. The second-order valence-corrected chi connectivity index (χ2v) is 6.01. The molecular formula is C17H21ClN4O2. The number of aryl methyl sites for hydroxylation is 2. The molecule has 0 radical (unpaired) electrons. The van der Waals surface area contributed by atoms with Gasteiger partial charge in [-0.1, -0.05) is 6.07 Å². The number of benzene rings is 1. The van der Waals surface area contributed by atoms with Crippen molar-refractivity contribution in [3.05, 3.63) is 56.5 Å².